The quantitative estimate of drug-likeness (QED) is 0.403. The second-order valence-corrected chi connectivity index (χ2v) is 9.68. The van der Waals surface area contributed by atoms with Gasteiger partial charge in [0.05, 0.1) is 0 Å². The van der Waals surface area contributed by atoms with Crippen LogP contribution in [0, 0.1) is 11.7 Å². The van der Waals surface area contributed by atoms with E-state index in [0.717, 1.165) is 16.7 Å². The molecule has 0 spiro atoms. The molecule has 0 unspecified atom stereocenters. The van der Waals surface area contributed by atoms with E-state index in [1.807, 2.05) is 62.4 Å². The summed E-state index contributed by atoms with van der Waals surface area (Å²) in [6.45, 7) is 4.96. The Balaban J connectivity index is 1.58. The molecule has 0 aromatic heterocycles. The molecule has 1 aliphatic rings. The fraction of sp³-hybridized carbons (Fsp3) is 0.333. The number of ether oxygens (including phenoxy) is 2. The van der Waals surface area contributed by atoms with Crippen molar-refractivity contribution in [2.24, 2.45) is 5.92 Å². The number of amides is 2. The smallest absolute Gasteiger partial charge is 0.243 e. The number of hydrogen-bond donors (Lipinski definition) is 1. The number of carbonyl (C=O) groups is 2. The Labute approximate surface area is 217 Å². The minimum Gasteiger partial charge on any atom is -0.454 e. The number of aryl methyl sites for hydroxylation is 1. The van der Waals surface area contributed by atoms with E-state index in [1.54, 1.807) is 17.0 Å². The van der Waals surface area contributed by atoms with E-state index in [-0.39, 0.29) is 43.3 Å². The lowest BCUT2D eigenvalue weighted by atomic mass is 10.0. The molecule has 0 fully saturated rings. The molecule has 37 heavy (non-hydrogen) atoms. The number of fused-ring (bicyclic) bond motifs is 1. The summed E-state index contributed by atoms with van der Waals surface area (Å²) in [6, 6.07) is 20.7. The summed E-state index contributed by atoms with van der Waals surface area (Å²) in [7, 11) is 0. The van der Waals surface area contributed by atoms with Crippen LogP contribution in [0.5, 0.6) is 11.5 Å². The van der Waals surface area contributed by atoms with Crippen molar-refractivity contribution in [3.05, 3.63) is 95.3 Å². The van der Waals surface area contributed by atoms with Crippen molar-refractivity contribution in [1.29, 1.82) is 0 Å². The van der Waals surface area contributed by atoms with Crippen LogP contribution in [0.3, 0.4) is 0 Å². The monoisotopic (exact) mass is 504 g/mol. The van der Waals surface area contributed by atoms with Crippen molar-refractivity contribution in [2.75, 3.05) is 13.3 Å². The minimum atomic E-state index is -0.713. The van der Waals surface area contributed by atoms with Crippen LogP contribution in [0.1, 0.15) is 37.0 Å². The number of hydrogen-bond acceptors (Lipinski definition) is 4. The van der Waals surface area contributed by atoms with Gasteiger partial charge >= 0.3 is 0 Å². The molecule has 0 bridgehead atoms. The van der Waals surface area contributed by atoms with Gasteiger partial charge in [-0.05, 0) is 53.3 Å². The third-order valence-corrected chi connectivity index (χ3v) is 6.29. The molecule has 4 rings (SSSR count). The molecule has 6 nitrogen and oxygen atoms in total. The van der Waals surface area contributed by atoms with Crippen molar-refractivity contribution in [3.8, 4) is 11.5 Å². The van der Waals surface area contributed by atoms with Crippen molar-refractivity contribution < 1.29 is 23.5 Å². The molecule has 1 aliphatic heterocycles. The maximum absolute atomic E-state index is 13.7. The van der Waals surface area contributed by atoms with Gasteiger partial charge in [-0.2, -0.15) is 0 Å². The Hall–Kier alpha value is -3.87. The number of nitrogens with zero attached hydrogens (tertiary/aromatic N) is 1. The zero-order chi connectivity index (χ0) is 26.2. The Morgan fingerprint density at radius 2 is 1.62 bits per heavy atom. The van der Waals surface area contributed by atoms with Crippen molar-refractivity contribution >= 4 is 11.8 Å². The first-order valence-electron chi connectivity index (χ1n) is 12.6. The highest BCUT2D eigenvalue weighted by Gasteiger charge is 2.30. The van der Waals surface area contributed by atoms with Crippen LogP contribution in [0.25, 0.3) is 0 Å². The first-order valence-corrected chi connectivity index (χ1v) is 12.6. The Morgan fingerprint density at radius 1 is 0.919 bits per heavy atom. The molecule has 1 atom stereocenters. The summed E-state index contributed by atoms with van der Waals surface area (Å²) in [4.78, 5) is 28.8. The molecule has 3 aromatic carbocycles. The number of benzene rings is 3. The fourth-order valence-electron chi connectivity index (χ4n) is 4.25. The average molecular weight is 505 g/mol. The van der Waals surface area contributed by atoms with Crippen LogP contribution >= 0.6 is 0 Å². The van der Waals surface area contributed by atoms with Gasteiger partial charge in [0.2, 0.25) is 18.6 Å². The highest BCUT2D eigenvalue weighted by atomic mass is 19.1. The van der Waals surface area contributed by atoms with E-state index in [4.69, 9.17) is 9.47 Å². The SMILES string of the molecule is CC(C)CNC(=O)[C@H](Cc1ccccc1)N(Cc1ccc(F)cc1)C(=O)CCc1ccc2c(c1)OCO2. The van der Waals surface area contributed by atoms with E-state index in [2.05, 4.69) is 5.32 Å². The Kier molecular flexibility index (Phi) is 8.77. The van der Waals surface area contributed by atoms with Gasteiger partial charge in [0, 0.05) is 25.9 Å². The number of nitrogens with one attached hydrogen (secondary N) is 1. The third kappa shape index (κ3) is 7.32. The van der Waals surface area contributed by atoms with E-state index in [1.165, 1.54) is 12.1 Å². The predicted molar refractivity (Wildman–Crippen MR) is 140 cm³/mol. The van der Waals surface area contributed by atoms with Crippen LogP contribution in [0.15, 0.2) is 72.8 Å². The maximum Gasteiger partial charge on any atom is 0.243 e. The Bertz CT molecular complexity index is 1200. The van der Waals surface area contributed by atoms with Gasteiger partial charge < -0.3 is 19.7 Å². The van der Waals surface area contributed by atoms with Crippen LogP contribution in [0.2, 0.25) is 0 Å². The molecular formula is C30H33FN2O4. The lowest BCUT2D eigenvalue weighted by Gasteiger charge is -2.32. The number of rotatable bonds is 11. The van der Waals surface area contributed by atoms with Gasteiger partial charge in [-0.15, -0.1) is 0 Å². The van der Waals surface area contributed by atoms with Gasteiger partial charge in [-0.3, -0.25) is 9.59 Å². The average Bonchev–Trinajstić information content (AvgIpc) is 3.37. The van der Waals surface area contributed by atoms with Gasteiger partial charge in [0.15, 0.2) is 11.5 Å². The second-order valence-electron chi connectivity index (χ2n) is 9.68. The summed E-state index contributed by atoms with van der Waals surface area (Å²) >= 11 is 0. The molecule has 1 heterocycles. The first kappa shape index (κ1) is 26.2. The van der Waals surface area contributed by atoms with Gasteiger partial charge in [0.25, 0.3) is 0 Å². The lowest BCUT2D eigenvalue weighted by Crippen LogP contribution is -2.51. The lowest BCUT2D eigenvalue weighted by molar-refractivity contribution is -0.141. The number of carbonyl (C=O) groups excluding carboxylic acids is 2. The molecule has 0 saturated carbocycles. The normalized spacial score (nSPS) is 12.9. The van der Waals surface area contributed by atoms with E-state index < -0.39 is 6.04 Å². The largest absolute Gasteiger partial charge is 0.454 e. The highest BCUT2D eigenvalue weighted by molar-refractivity contribution is 5.88. The first-order chi connectivity index (χ1) is 17.9. The Morgan fingerprint density at radius 3 is 2.35 bits per heavy atom. The number of halogens is 1. The van der Waals surface area contributed by atoms with Crippen LogP contribution in [-0.4, -0.2) is 36.1 Å². The molecular weight excluding hydrogens is 471 g/mol. The van der Waals surface area contributed by atoms with Crippen LogP contribution in [0.4, 0.5) is 4.39 Å². The van der Waals surface area contributed by atoms with Crippen molar-refractivity contribution in [3.63, 3.8) is 0 Å². The van der Waals surface area contributed by atoms with Crippen LogP contribution in [-0.2, 0) is 29.0 Å². The van der Waals surface area contributed by atoms with Crippen LogP contribution < -0.4 is 14.8 Å². The van der Waals surface area contributed by atoms with Crippen molar-refractivity contribution in [2.45, 2.75) is 45.7 Å². The maximum atomic E-state index is 13.7. The summed E-state index contributed by atoms with van der Waals surface area (Å²) in [6.07, 6.45) is 1.08. The zero-order valence-electron chi connectivity index (χ0n) is 21.3. The summed E-state index contributed by atoms with van der Waals surface area (Å²) in [5, 5.41) is 3.01. The molecule has 0 saturated heterocycles. The summed E-state index contributed by atoms with van der Waals surface area (Å²) in [5.41, 5.74) is 2.66. The molecule has 0 radical (unpaired) electrons. The molecule has 1 N–H and O–H groups in total. The van der Waals surface area contributed by atoms with Gasteiger partial charge in [0.1, 0.15) is 11.9 Å². The molecule has 194 valence electrons. The second kappa shape index (κ2) is 12.4. The molecule has 7 heteroatoms. The van der Waals surface area contributed by atoms with E-state index >= 15 is 0 Å². The third-order valence-electron chi connectivity index (χ3n) is 6.29. The van der Waals surface area contributed by atoms with Gasteiger partial charge in [-0.1, -0.05) is 62.4 Å². The molecule has 2 amide bonds. The molecule has 0 aliphatic carbocycles. The summed E-state index contributed by atoms with van der Waals surface area (Å²) < 4.78 is 24.4. The molecule has 3 aromatic rings. The topological polar surface area (TPSA) is 67.9 Å². The van der Waals surface area contributed by atoms with E-state index in [0.29, 0.717) is 30.9 Å². The standard InChI is InChI=1S/C30H33FN2O4/c1-21(2)18-32-30(35)26(16-22-6-4-3-5-7-22)33(19-24-8-12-25(31)13-9-24)29(34)15-11-23-10-14-27-28(17-23)37-20-36-27/h3-10,12-14,17,21,26H,11,15-16,18-20H2,1-2H3,(H,32,35)/t26-/m0/s1. The predicted octanol–water partition coefficient (Wildman–Crippen LogP) is 4.90. The highest BCUT2D eigenvalue weighted by Crippen LogP contribution is 2.33. The van der Waals surface area contributed by atoms with Crippen molar-refractivity contribution in [1.82, 2.24) is 10.2 Å². The zero-order valence-corrected chi connectivity index (χ0v) is 21.3. The fourth-order valence-corrected chi connectivity index (χ4v) is 4.25. The summed E-state index contributed by atoms with van der Waals surface area (Å²) in [5.74, 6) is 0.938. The van der Waals surface area contributed by atoms with E-state index in [9.17, 15) is 14.0 Å². The minimum absolute atomic E-state index is 0.150. The van der Waals surface area contributed by atoms with Gasteiger partial charge in [-0.25, -0.2) is 4.39 Å².